The molecule has 0 saturated heterocycles. The summed E-state index contributed by atoms with van der Waals surface area (Å²) in [5.74, 6) is 0.493. The fourth-order valence-corrected chi connectivity index (χ4v) is 2.06. The van der Waals surface area contributed by atoms with Gasteiger partial charge in [-0.3, -0.25) is 4.79 Å². The lowest BCUT2D eigenvalue weighted by Crippen LogP contribution is -2.15. The van der Waals surface area contributed by atoms with Gasteiger partial charge in [-0.1, -0.05) is 43.3 Å². The molecule has 0 fully saturated rings. The van der Waals surface area contributed by atoms with Gasteiger partial charge >= 0.3 is 0 Å². The zero-order valence-electron chi connectivity index (χ0n) is 12.7. The average Bonchev–Trinajstić information content (AvgIpc) is 2.54. The highest BCUT2D eigenvalue weighted by molar-refractivity contribution is 5.91. The first-order chi connectivity index (χ1) is 10.7. The van der Waals surface area contributed by atoms with Gasteiger partial charge in [0.05, 0.1) is 19.1 Å². The second-order valence-electron chi connectivity index (χ2n) is 5.06. The van der Waals surface area contributed by atoms with Crippen LogP contribution in [-0.4, -0.2) is 17.6 Å². The van der Waals surface area contributed by atoms with Crippen molar-refractivity contribution in [3.63, 3.8) is 0 Å². The third-order valence-electron chi connectivity index (χ3n) is 3.15. The zero-order chi connectivity index (χ0) is 15.8. The largest absolute Gasteiger partial charge is 0.494 e. The molecule has 1 atom stereocenters. The minimum Gasteiger partial charge on any atom is -0.494 e. The van der Waals surface area contributed by atoms with Crippen molar-refractivity contribution in [3.8, 4) is 5.75 Å². The minimum absolute atomic E-state index is 0.0179. The molecule has 0 bridgehead atoms. The van der Waals surface area contributed by atoms with Gasteiger partial charge in [0.25, 0.3) is 0 Å². The third-order valence-corrected chi connectivity index (χ3v) is 3.15. The van der Waals surface area contributed by atoms with E-state index >= 15 is 0 Å². The van der Waals surface area contributed by atoms with Crippen molar-refractivity contribution in [2.45, 2.75) is 25.9 Å². The molecule has 2 aromatic carbocycles. The van der Waals surface area contributed by atoms with Gasteiger partial charge in [-0.15, -0.1) is 0 Å². The number of carbonyl (C=O) groups is 1. The summed E-state index contributed by atoms with van der Waals surface area (Å²) in [7, 11) is 0. The minimum atomic E-state index is -0.805. The summed E-state index contributed by atoms with van der Waals surface area (Å²) < 4.78 is 5.53. The molecule has 2 N–H and O–H groups in total. The van der Waals surface area contributed by atoms with Crippen molar-refractivity contribution >= 4 is 11.6 Å². The second-order valence-corrected chi connectivity index (χ2v) is 5.06. The van der Waals surface area contributed by atoms with Gasteiger partial charge in [0.2, 0.25) is 5.91 Å². The van der Waals surface area contributed by atoms with Crippen molar-refractivity contribution in [2.24, 2.45) is 0 Å². The molecule has 0 aliphatic rings. The molecular weight excluding hydrogens is 278 g/mol. The number of anilines is 1. The number of hydrogen-bond acceptors (Lipinski definition) is 3. The molecule has 0 aromatic heterocycles. The molecule has 4 nitrogen and oxygen atoms in total. The molecule has 0 aliphatic heterocycles. The molecule has 0 heterocycles. The van der Waals surface area contributed by atoms with E-state index in [9.17, 15) is 9.90 Å². The SMILES string of the molecule is CCCOc1cccc(NC(=O)CC(O)c2ccccc2)c1. The average molecular weight is 299 g/mol. The van der Waals surface area contributed by atoms with Crippen LogP contribution in [-0.2, 0) is 4.79 Å². The number of ether oxygens (including phenoxy) is 1. The van der Waals surface area contributed by atoms with E-state index in [2.05, 4.69) is 5.32 Å². The van der Waals surface area contributed by atoms with E-state index in [4.69, 9.17) is 4.74 Å². The third kappa shape index (κ3) is 4.90. The molecule has 22 heavy (non-hydrogen) atoms. The molecule has 0 saturated carbocycles. The van der Waals surface area contributed by atoms with Crippen LogP contribution in [0.3, 0.4) is 0 Å². The van der Waals surface area contributed by atoms with Gasteiger partial charge in [-0.2, -0.15) is 0 Å². The van der Waals surface area contributed by atoms with E-state index in [0.29, 0.717) is 12.3 Å². The standard InChI is InChI=1S/C18H21NO3/c1-2-11-22-16-10-6-9-15(12-16)19-18(21)13-17(20)14-7-4-3-5-8-14/h3-10,12,17,20H,2,11,13H2,1H3,(H,19,21). The summed E-state index contributed by atoms with van der Waals surface area (Å²) in [6, 6.07) is 16.4. The summed E-state index contributed by atoms with van der Waals surface area (Å²) in [4.78, 5) is 12.0. The van der Waals surface area contributed by atoms with Crippen LogP contribution in [0, 0.1) is 0 Å². The molecule has 2 rings (SSSR count). The van der Waals surface area contributed by atoms with Gasteiger partial charge in [-0.05, 0) is 24.1 Å². The maximum Gasteiger partial charge on any atom is 0.227 e. The number of aliphatic hydroxyl groups excluding tert-OH is 1. The number of hydrogen-bond donors (Lipinski definition) is 2. The maximum absolute atomic E-state index is 12.0. The molecule has 116 valence electrons. The van der Waals surface area contributed by atoms with Crippen molar-refractivity contribution in [3.05, 3.63) is 60.2 Å². The number of aliphatic hydroxyl groups is 1. The number of benzene rings is 2. The number of amides is 1. The van der Waals surface area contributed by atoms with Crippen LogP contribution in [0.15, 0.2) is 54.6 Å². The Morgan fingerprint density at radius 1 is 1.18 bits per heavy atom. The molecule has 0 aliphatic carbocycles. The van der Waals surface area contributed by atoms with E-state index in [1.807, 2.05) is 37.3 Å². The summed E-state index contributed by atoms with van der Waals surface area (Å²) in [6.45, 7) is 2.68. The molecule has 4 heteroatoms. The molecule has 1 unspecified atom stereocenters. The van der Waals surface area contributed by atoms with Gasteiger partial charge in [0.15, 0.2) is 0 Å². The van der Waals surface area contributed by atoms with Gasteiger partial charge in [0.1, 0.15) is 5.75 Å². The number of carbonyl (C=O) groups excluding carboxylic acids is 1. The fourth-order valence-electron chi connectivity index (χ4n) is 2.06. The quantitative estimate of drug-likeness (QED) is 0.822. The second kappa shape index (κ2) is 8.20. The van der Waals surface area contributed by atoms with Crippen LogP contribution in [0.1, 0.15) is 31.4 Å². The van der Waals surface area contributed by atoms with Crippen molar-refractivity contribution < 1.29 is 14.6 Å². The van der Waals surface area contributed by atoms with E-state index in [1.165, 1.54) is 0 Å². The van der Waals surface area contributed by atoms with Gasteiger partial charge in [0, 0.05) is 11.8 Å². The van der Waals surface area contributed by atoms with Crippen LogP contribution < -0.4 is 10.1 Å². The molecule has 0 radical (unpaired) electrons. The van der Waals surface area contributed by atoms with E-state index in [1.54, 1.807) is 24.3 Å². The lowest BCUT2D eigenvalue weighted by molar-refractivity contribution is -0.118. The molecule has 0 spiro atoms. The van der Waals surface area contributed by atoms with Crippen LogP contribution in [0.4, 0.5) is 5.69 Å². The normalized spacial score (nSPS) is 11.7. The Morgan fingerprint density at radius 2 is 1.95 bits per heavy atom. The maximum atomic E-state index is 12.0. The van der Waals surface area contributed by atoms with Crippen molar-refractivity contribution in [1.29, 1.82) is 0 Å². The van der Waals surface area contributed by atoms with Crippen LogP contribution in [0.2, 0.25) is 0 Å². The predicted octanol–water partition coefficient (Wildman–Crippen LogP) is 3.54. The summed E-state index contributed by atoms with van der Waals surface area (Å²) in [6.07, 6.45) is 0.143. The van der Waals surface area contributed by atoms with Crippen molar-refractivity contribution in [1.82, 2.24) is 0 Å². The summed E-state index contributed by atoms with van der Waals surface area (Å²) in [5, 5.41) is 12.8. The highest BCUT2D eigenvalue weighted by Gasteiger charge is 2.13. The number of rotatable bonds is 7. The molecular formula is C18H21NO3. The fraction of sp³-hybridized carbons (Fsp3) is 0.278. The summed E-state index contributed by atoms with van der Waals surface area (Å²) in [5.41, 5.74) is 1.40. The molecule has 1 amide bonds. The lowest BCUT2D eigenvalue weighted by Gasteiger charge is -2.12. The highest BCUT2D eigenvalue weighted by atomic mass is 16.5. The van der Waals surface area contributed by atoms with E-state index in [-0.39, 0.29) is 12.3 Å². The number of nitrogens with one attached hydrogen (secondary N) is 1. The first kappa shape index (κ1) is 16.0. The monoisotopic (exact) mass is 299 g/mol. The van der Waals surface area contributed by atoms with E-state index in [0.717, 1.165) is 17.7 Å². The first-order valence-corrected chi connectivity index (χ1v) is 7.44. The Hall–Kier alpha value is -2.33. The Balaban J connectivity index is 1.91. The molecule has 2 aromatic rings. The Labute approximate surface area is 130 Å². The van der Waals surface area contributed by atoms with Crippen LogP contribution in [0.25, 0.3) is 0 Å². The Bertz CT molecular complexity index is 598. The predicted molar refractivity (Wildman–Crippen MR) is 86.9 cm³/mol. The summed E-state index contributed by atoms with van der Waals surface area (Å²) >= 11 is 0. The van der Waals surface area contributed by atoms with Crippen LogP contribution in [0.5, 0.6) is 5.75 Å². The zero-order valence-corrected chi connectivity index (χ0v) is 12.7. The van der Waals surface area contributed by atoms with Gasteiger partial charge < -0.3 is 15.2 Å². The Morgan fingerprint density at radius 3 is 2.68 bits per heavy atom. The van der Waals surface area contributed by atoms with E-state index < -0.39 is 6.10 Å². The smallest absolute Gasteiger partial charge is 0.227 e. The lowest BCUT2D eigenvalue weighted by atomic mass is 10.1. The van der Waals surface area contributed by atoms with Crippen molar-refractivity contribution in [2.75, 3.05) is 11.9 Å². The van der Waals surface area contributed by atoms with Gasteiger partial charge in [-0.25, -0.2) is 0 Å². The van der Waals surface area contributed by atoms with Crippen LogP contribution >= 0.6 is 0 Å². The Kier molecular flexibility index (Phi) is 5.98. The topological polar surface area (TPSA) is 58.6 Å². The first-order valence-electron chi connectivity index (χ1n) is 7.44. The highest BCUT2D eigenvalue weighted by Crippen LogP contribution is 2.20.